The van der Waals surface area contributed by atoms with Gasteiger partial charge in [0.15, 0.2) is 0 Å². The Morgan fingerprint density at radius 2 is 2.20 bits per heavy atom. The standard InChI is InChI=1S/C8H13NS/c1-3-5-6-8(10)7-9-4-2/h3-5,7,10H,6H2,1-2H3/b5-3+,8-7-,9-4?. The largest absolute Gasteiger partial charge is 0.269 e. The highest BCUT2D eigenvalue weighted by Crippen LogP contribution is 2.06. The Hall–Kier alpha value is -0.500. The molecule has 0 aliphatic heterocycles. The lowest BCUT2D eigenvalue weighted by Crippen LogP contribution is -1.67. The highest BCUT2D eigenvalue weighted by atomic mass is 32.1. The van der Waals surface area contributed by atoms with E-state index in [1.807, 2.05) is 26.0 Å². The first-order valence-electron chi connectivity index (χ1n) is 3.28. The van der Waals surface area contributed by atoms with Crippen molar-refractivity contribution in [3.05, 3.63) is 23.3 Å². The smallest absolute Gasteiger partial charge is 0.0359 e. The summed E-state index contributed by atoms with van der Waals surface area (Å²) >= 11 is 4.19. The monoisotopic (exact) mass is 155 g/mol. The van der Waals surface area contributed by atoms with Crippen LogP contribution in [0.3, 0.4) is 0 Å². The summed E-state index contributed by atoms with van der Waals surface area (Å²) in [6.07, 6.45) is 8.41. The van der Waals surface area contributed by atoms with E-state index in [9.17, 15) is 0 Å². The van der Waals surface area contributed by atoms with Crippen LogP contribution in [0.5, 0.6) is 0 Å². The van der Waals surface area contributed by atoms with Gasteiger partial charge in [0, 0.05) is 17.3 Å². The van der Waals surface area contributed by atoms with E-state index in [1.54, 1.807) is 12.4 Å². The third kappa shape index (κ3) is 5.63. The minimum absolute atomic E-state index is 0.872. The zero-order chi connectivity index (χ0) is 7.82. The van der Waals surface area contributed by atoms with Crippen LogP contribution in [-0.4, -0.2) is 6.21 Å². The normalized spacial score (nSPS) is 13.7. The highest BCUT2D eigenvalue weighted by Gasteiger charge is 1.81. The van der Waals surface area contributed by atoms with E-state index in [0.29, 0.717) is 0 Å². The van der Waals surface area contributed by atoms with Gasteiger partial charge in [-0.2, -0.15) is 0 Å². The summed E-state index contributed by atoms with van der Waals surface area (Å²) in [5.74, 6) is 0. The van der Waals surface area contributed by atoms with Gasteiger partial charge >= 0.3 is 0 Å². The molecule has 0 aliphatic carbocycles. The molecule has 0 saturated heterocycles. The first kappa shape index (κ1) is 9.50. The van der Waals surface area contributed by atoms with Crippen molar-refractivity contribution in [2.24, 2.45) is 4.99 Å². The molecule has 0 aromatic heterocycles. The number of nitrogens with zero attached hydrogens (tertiary/aromatic N) is 1. The SMILES string of the molecule is CC=N/C=C(\S)C/C=C/C. The van der Waals surface area contributed by atoms with Gasteiger partial charge in [-0.25, -0.2) is 0 Å². The van der Waals surface area contributed by atoms with Gasteiger partial charge in [0.05, 0.1) is 0 Å². The van der Waals surface area contributed by atoms with Gasteiger partial charge in [-0.15, -0.1) is 12.6 Å². The van der Waals surface area contributed by atoms with Crippen LogP contribution >= 0.6 is 12.6 Å². The maximum absolute atomic E-state index is 4.19. The molecule has 0 atom stereocenters. The predicted molar refractivity (Wildman–Crippen MR) is 50.7 cm³/mol. The van der Waals surface area contributed by atoms with Crippen molar-refractivity contribution in [1.82, 2.24) is 0 Å². The van der Waals surface area contributed by atoms with E-state index in [0.717, 1.165) is 11.3 Å². The molecular weight excluding hydrogens is 142 g/mol. The third-order valence-corrected chi connectivity index (χ3v) is 1.23. The lowest BCUT2D eigenvalue weighted by atomic mass is 10.4. The first-order chi connectivity index (χ1) is 4.81. The summed E-state index contributed by atoms with van der Waals surface area (Å²) in [5, 5.41) is 0. The topological polar surface area (TPSA) is 12.4 Å². The molecule has 56 valence electrons. The molecule has 0 rings (SSSR count). The molecule has 0 fully saturated rings. The predicted octanol–water partition coefficient (Wildman–Crippen LogP) is 2.81. The summed E-state index contributed by atoms with van der Waals surface area (Å²) in [7, 11) is 0. The number of allylic oxidation sites excluding steroid dienone is 3. The molecule has 0 N–H and O–H groups in total. The zero-order valence-electron chi connectivity index (χ0n) is 6.41. The van der Waals surface area contributed by atoms with E-state index in [1.165, 1.54) is 0 Å². The fourth-order valence-electron chi connectivity index (χ4n) is 0.452. The quantitative estimate of drug-likeness (QED) is 0.365. The fraction of sp³-hybridized carbons (Fsp3) is 0.375. The Morgan fingerprint density at radius 1 is 1.50 bits per heavy atom. The van der Waals surface area contributed by atoms with Gasteiger partial charge in [0.25, 0.3) is 0 Å². The lowest BCUT2D eigenvalue weighted by molar-refractivity contribution is 1.32. The van der Waals surface area contributed by atoms with Crippen LogP contribution in [0, 0.1) is 0 Å². The molecule has 0 saturated carbocycles. The van der Waals surface area contributed by atoms with Crippen molar-refractivity contribution in [1.29, 1.82) is 0 Å². The first-order valence-corrected chi connectivity index (χ1v) is 3.73. The molecule has 0 unspecified atom stereocenters. The zero-order valence-corrected chi connectivity index (χ0v) is 7.31. The van der Waals surface area contributed by atoms with Crippen LogP contribution in [0.25, 0.3) is 0 Å². The fourth-order valence-corrected chi connectivity index (χ4v) is 0.624. The second kappa shape index (κ2) is 6.62. The van der Waals surface area contributed by atoms with Crippen molar-refractivity contribution in [3.8, 4) is 0 Å². The maximum atomic E-state index is 4.19. The number of hydrogen-bond donors (Lipinski definition) is 1. The summed E-state index contributed by atoms with van der Waals surface area (Å²) in [4.78, 5) is 4.91. The lowest BCUT2D eigenvalue weighted by Gasteiger charge is -1.88. The molecule has 0 radical (unpaired) electrons. The van der Waals surface area contributed by atoms with Crippen LogP contribution in [0.2, 0.25) is 0 Å². The Balaban J connectivity index is 3.70. The second-order valence-electron chi connectivity index (χ2n) is 1.80. The maximum Gasteiger partial charge on any atom is 0.0359 e. The molecule has 1 nitrogen and oxygen atoms in total. The Bertz CT molecular complexity index is 157. The van der Waals surface area contributed by atoms with Crippen molar-refractivity contribution < 1.29 is 0 Å². The number of thiol groups is 1. The molecule has 0 aliphatic rings. The Morgan fingerprint density at radius 3 is 2.70 bits per heavy atom. The van der Waals surface area contributed by atoms with Crippen molar-refractivity contribution in [2.45, 2.75) is 20.3 Å². The van der Waals surface area contributed by atoms with Gasteiger partial charge in [-0.1, -0.05) is 12.2 Å². The van der Waals surface area contributed by atoms with Gasteiger partial charge < -0.3 is 0 Å². The average Bonchev–Trinajstić information content (AvgIpc) is 1.97. The van der Waals surface area contributed by atoms with Gasteiger partial charge in [0.1, 0.15) is 0 Å². The number of hydrogen-bond acceptors (Lipinski definition) is 2. The van der Waals surface area contributed by atoms with E-state index in [2.05, 4.69) is 17.6 Å². The van der Waals surface area contributed by atoms with Crippen LogP contribution < -0.4 is 0 Å². The van der Waals surface area contributed by atoms with Gasteiger partial charge in [-0.05, 0) is 20.3 Å². The molecule has 0 heterocycles. The molecule has 0 amide bonds. The molecule has 2 heteroatoms. The summed E-state index contributed by atoms with van der Waals surface area (Å²) in [6, 6.07) is 0. The van der Waals surface area contributed by atoms with Crippen molar-refractivity contribution >= 4 is 18.8 Å². The van der Waals surface area contributed by atoms with Crippen molar-refractivity contribution in [3.63, 3.8) is 0 Å². The average molecular weight is 155 g/mol. The minimum Gasteiger partial charge on any atom is -0.269 e. The molecule has 0 aromatic carbocycles. The molecule has 0 spiro atoms. The molecular formula is C8H13NS. The van der Waals surface area contributed by atoms with Crippen LogP contribution in [0.4, 0.5) is 0 Å². The Labute approximate surface area is 68.0 Å². The Kier molecular flexibility index (Phi) is 6.29. The third-order valence-electron chi connectivity index (χ3n) is 0.935. The minimum atomic E-state index is 0.872. The molecule has 0 bridgehead atoms. The van der Waals surface area contributed by atoms with E-state index < -0.39 is 0 Å². The number of rotatable bonds is 3. The van der Waals surface area contributed by atoms with E-state index in [-0.39, 0.29) is 0 Å². The molecule has 0 aromatic rings. The summed E-state index contributed by atoms with van der Waals surface area (Å²) < 4.78 is 0. The van der Waals surface area contributed by atoms with Crippen LogP contribution in [-0.2, 0) is 0 Å². The summed E-state index contributed by atoms with van der Waals surface area (Å²) in [5.41, 5.74) is 0. The summed E-state index contributed by atoms with van der Waals surface area (Å²) in [6.45, 7) is 3.87. The van der Waals surface area contributed by atoms with Gasteiger partial charge in [0.2, 0.25) is 0 Å². The second-order valence-corrected chi connectivity index (χ2v) is 2.38. The van der Waals surface area contributed by atoms with E-state index >= 15 is 0 Å². The van der Waals surface area contributed by atoms with Crippen LogP contribution in [0.1, 0.15) is 20.3 Å². The number of aliphatic imine (C=N–C) groups is 1. The van der Waals surface area contributed by atoms with Crippen molar-refractivity contribution in [2.75, 3.05) is 0 Å². The van der Waals surface area contributed by atoms with Gasteiger partial charge in [-0.3, -0.25) is 4.99 Å². The highest BCUT2D eigenvalue weighted by molar-refractivity contribution is 7.84. The van der Waals surface area contributed by atoms with E-state index in [4.69, 9.17) is 0 Å². The van der Waals surface area contributed by atoms with Crippen LogP contribution in [0.15, 0.2) is 28.2 Å². The molecule has 10 heavy (non-hydrogen) atoms.